The third-order valence-electron chi connectivity index (χ3n) is 4.55. The predicted octanol–water partition coefficient (Wildman–Crippen LogP) is 3.01. The van der Waals surface area contributed by atoms with Crippen molar-refractivity contribution in [1.29, 1.82) is 0 Å². The molecule has 26 heavy (non-hydrogen) atoms. The van der Waals surface area contributed by atoms with Crippen LogP contribution in [-0.2, 0) is 9.59 Å². The van der Waals surface area contributed by atoms with Crippen molar-refractivity contribution in [2.75, 3.05) is 24.7 Å². The Bertz CT molecular complexity index is 920. The van der Waals surface area contributed by atoms with Gasteiger partial charge >= 0.3 is 0 Å². The summed E-state index contributed by atoms with van der Waals surface area (Å²) in [4.78, 5) is 30.2. The number of carbonyl (C=O) groups is 2. The molecule has 7 heteroatoms. The molecule has 0 saturated carbocycles. The molecule has 2 amide bonds. The molecule has 3 aromatic rings. The van der Waals surface area contributed by atoms with Crippen LogP contribution in [0.3, 0.4) is 0 Å². The summed E-state index contributed by atoms with van der Waals surface area (Å²) >= 11 is 3.24. The number of H-pyrrole nitrogens is 1. The van der Waals surface area contributed by atoms with Gasteiger partial charge in [-0.15, -0.1) is 23.1 Å². The molecular weight excluding hydrogens is 366 g/mol. The zero-order valence-electron chi connectivity index (χ0n) is 14.1. The summed E-state index contributed by atoms with van der Waals surface area (Å²) in [7, 11) is 0. The predicted molar refractivity (Wildman–Crippen MR) is 107 cm³/mol. The van der Waals surface area contributed by atoms with E-state index >= 15 is 0 Å². The van der Waals surface area contributed by atoms with Crippen LogP contribution in [0.2, 0.25) is 0 Å². The van der Waals surface area contributed by atoms with Crippen molar-refractivity contribution >= 4 is 45.8 Å². The number of rotatable bonds is 6. The minimum Gasteiger partial charge on any atom is -0.361 e. The van der Waals surface area contributed by atoms with E-state index in [2.05, 4.69) is 33.9 Å². The number of aromatic nitrogens is 1. The van der Waals surface area contributed by atoms with Gasteiger partial charge in [0.25, 0.3) is 0 Å². The molecule has 134 valence electrons. The van der Waals surface area contributed by atoms with Gasteiger partial charge < -0.3 is 15.2 Å². The Morgan fingerprint density at radius 1 is 1.27 bits per heavy atom. The highest BCUT2D eigenvalue weighted by molar-refractivity contribution is 8.00. The zero-order valence-corrected chi connectivity index (χ0v) is 15.7. The van der Waals surface area contributed by atoms with E-state index in [0.29, 0.717) is 18.2 Å². The van der Waals surface area contributed by atoms with E-state index in [1.165, 1.54) is 15.8 Å². The fourth-order valence-corrected chi connectivity index (χ4v) is 4.97. The molecule has 1 aliphatic heterocycles. The van der Waals surface area contributed by atoms with Gasteiger partial charge in [0, 0.05) is 34.4 Å². The van der Waals surface area contributed by atoms with Crippen molar-refractivity contribution < 1.29 is 9.59 Å². The maximum atomic E-state index is 12.3. The van der Waals surface area contributed by atoms with Crippen molar-refractivity contribution in [3.8, 4) is 0 Å². The Hall–Kier alpha value is -2.25. The Morgan fingerprint density at radius 2 is 2.15 bits per heavy atom. The van der Waals surface area contributed by atoms with Gasteiger partial charge in [-0.25, -0.2) is 0 Å². The van der Waals surface area contributed by atoms with Crippen LogP contribution in [0.15, 0.2) is 48.0 Å². The Balaban J connectivity index is 1.51. The number of hydrogen-bond donors (Lipinski definition) is 2. The molecule has 0 radical (unpaired) electrons. The molecule has 0 bridgehead atoms. The molecular formula is C19H19N3O2S2. The molecule has 1 saturated heterocycles. The third kappa shape index (κ3) is 3.50. The van der Waals surface area contributed by atoms with Crippen LogP contribution >= 0.6 is 23.1 Å². The highest BCUT2D eigenvalue weighted by Gasteiger charge is 2.24. The molecule has 1 fully saturated rings. The van der Waals surface area contributed by atoms with Gasteiger partial charge in [0.1, 0.15) is 6.54 Å². The number of benzene rings is 1. The zero-order chi connectivity index (χ0) is 17.9. The number of aromatic amines is 1. The quantitative estimate of drug-likeness (QED) is 0.686. The standard InChI is InChI=1S/C19H19N3O2S2/c23-18(10-22-12-25-11-19(22)24)21-9-15(17-6-3-7-26-17)14-8-20-16-5-2-1-4-13(14)16/h1-8,15,20H,9-12H2,(H,21,23)/t15-/m1/s1. The minimum atomic E-state index is -0.109. The van der Waals surface area contributed by atoms with Gasteiger partial charge in [0.15, 0.2) is 0 Å². The lowest BCUT2D eigenvalue weighted by Crippen LogP contribution is -2.39. The Kier molecular flexibility index (Phi) is 4.99. The second-order valence-corrected chi connectivity index (χ2v) is 8.17. The van der Waals surface area contributed by atoms with E-state index in [1.54, 1.807) is 28.0 Å². The van der Waals surface area contributed by atoms with Crippen LogP contribution in [-0.4, -0.2) is 46.4 Å². The number of thiophene rings is 1. The molecule has 3 heterocycles. The van der Waals surface area contributed by atoms with Gasteiger partial charge in [0.05, 0.1) is 11.6 Å². The molecule has 5 nitrogen and oxygen atoms in total. The van der Waals surface area contributed by atoms with Crippen molar-refractivity contribution in [3.63, 3.8) is 0 Å². The van der Waals surface area contributed by atoms with E-state index in [0.717, 1.165) is 5.52 Å². The van der Waals surface area contributed by atoms with Crippen LogP contribution in [0.4, 0.5) is 0 Å². The number of para-hydroxylation sites is 1. The SMILES string of the molecule is O=C(CN1CSCC1=O)NC[C@@H](c1cccs1)c1c[nH]c2ccccc12. The van der Waals surface area contributed by atoms with Gasteiger partial charge in [-0.2, -0.15) is 0 Å². The normalized spacial score (nSPS) is 15.5. The third-order valence-corrected chi connectivity index (χ3v) is 6.48. The molecule has 0 unspecified atom stereocenters. The average Bonchev–Trinajstić information content (AvgIpc) is 3.38. The first-order valence-corrected chi connectivity index (χ1v) is 10.5. The highest BCUT2D eigenvalue weighted by Crippen LogP contribution is 2.32. The molecule has 0 spiro atoms. The maximum Gasteiger partial charge on any atom is 0.239 e. The van der Waals surface area contributed by atoms with E-state index in [-0.39, 0.29) is 24.3 Å². The largest absolute Gasteiger partial charge is 0.361 e. The second-order valence-electron chi connectivity index (χ2n) is 6.23. The summed E-state index contributed by atoms with van der Waals surface area (Å²) in [6.45, 7) is 0.646. The topological polar surface area (TPSA) is 65.2 Å². The van der Waals surface area contributed by atoms with E-state index in [1.807, 2.05) is 24.4 Å². The lowest BCUT2D eigenvalue weighted by Gasteiger charge is -2.18. The molecule has 1 aromatic carbocycles. The first-order valence-electron chi connectivity index (χ1n) is 8.44. The van der Waals surface area contributed by atoms with Crippen molar-refractivity contribution in [1.82, 2.24) is 15.2 Å². The number of nitrogens with one attached hydrogen (secondary N) is 2. The lowest BCUT2D eigenvalue weighted by atomic mass is 9.96. The first-order chi connectivity index (χ1) is 12.7. The average molecular weight is 386 g/mol. The summed E-state index contributed by atoms with van der Waals surface area (Å²) < 4.78 is 0. The summed E-state index contributed by atoms with van der Waals surface area (Å²) in [5.74, 6) is 1.08. The van der Waals surface area contributed by atoms with Crippen LogP contribution in [0.5, 0.6) is 0 Å². The molecule has 1 atom stereocenters. The summed E-state index contributed by atoms with van der Waals surface area (Å²) in [5, 5.41) is 6.25. The molecule has 4 rings (SSSR count). The van der Waals surface area contributed by atoms with E-state index in [9.17, 15) is 9.59 Å². The molecule has 0 aliphatic carbocycles. The van der Waals surface area contributed by atoms with Crippen LogP contribution in [0.25, 0.3) is 10.9 Å². The monoisotopic (exact) mass is 385 g/mol. The Morgan fingerprint density at radius 3 is 2.92 bits per heavy atom. The Labute approximate surface area is 159 Å². The van der Waals surface area contributed by atoms with Crippen molar-refractivity contribution in [2.45, 2.75) is 5.92 Å². The highest BCUT2D eigenvalue weighted by atomic mass is 32.2. The van der Waals surface area contributed by atoms with Crippen LogP contribution in [0, 0.1) is 0 Å². The minimum absolute atomic E-state index is 0.0385. The lowest BCUT2D eigenvalue weighted by molar-refractivity contribution is -0.132. The second kappa shape index (κ2) is 7.55. The summed E-state index contributed by atoms with van der Waals surface area (Å²) in [6.07, 6.45) is 2.03. The van der Waals surface area contributed by atoms with E-state index < -0.39 is 0 Å². The smallest absolute Gasteiger partial charge is 0.239 e. The van der Waals surface area contributed by atoms with Crippen LogP contribution < -0.4 is 5.32 Å². The number of amides is 2. The van der Waals surface area contributed by atoms with E-state index in [4.69, 9.17) is 0 Å². The number of thioether (sulfide) groups is 1. The molecule has 2 N–H and O–H groups in total. The van der Waals surface area contributed by atoms with Crippen LogP contribution in [0.1, 0.15) is 16.4 Å². The van der Waals surface area contributed by atoms with Gasteiger partial charge in [-0.05, 0) is 23.1 Å². The molecule has 1 aliphatic rings. The first kappa shape index (κ1) is 17.2. The number of nitrogens with zero attached hydrogens (tertiary/aromatic N) is 1. The van der Waals surface area contributed by atoms with Crippen molar-refractivity contribution in [3.05, 3.63) is 58.4 Å². The van der Waals surface area contributed by atoms with Gasteiger partial charge in [0.2, 0.25) is 11.8 Å². The molecule has 2 aromatic heterocycles. The fraction of sp³-hybridized carbons (Fsp3) is 0.263. The van der Waals surface area contributed by atoms with Gasteiger partial charge in [-0.1, -0.05) is 24.3 Å². The summed E-state index contributed by atoms with van der Waals surface area (Å²) in [5.41, 5.74) is 2.27. The fourth-order valence-electron chi connectivity index (χ4n) is 3.22. The van der Waals surface area contributed by atoms with Gasteiger partial charge in [-0.3, -0.25) is 9.59 Å². The summed E-state index contributed by atoms with van der Waals surface area (Å²) in [6, 6.07) is 12.3. The number of carbonyl (C=O) groups excluding carboxylic acids is 2. The number of hydrogen-bond acceptors (Lipinski definition) is 4. The number of fused-ring (bicyclic) bond motifs is 1. The maximum absolute atomic E-state index is 12.3. The van der Waals surface area contributed by atoms with Crippen molar-refractivity contribution in [2.24, 2.45) is 0 Å².